The molecule has 0 fully saturated rings. The third-order valence-electron chi connectivity index (χ3n) is 5.19. The zero-order valence-electron chi connectivity index (χ0n) is 17.7. The fourth-order valence-corrected chi connectivity index (χ4v) is 3.54. The smallest absolute Gasteiger partial charge is 0.340 e. The van der Waals surface area contributed by atoms with Gasteiger partial charge in [-0.3, -0.25) is 4.79 Å². The largest absolute Gasteiger partial charge is 0.493 e. The molecule has 1 aliphatic carbocycles. The van der Waals surface area contributed by atoms with Gasteiger partial charge in [-0.1, -0.05) is 6.07 Å². The van der Waals surface area contributed by atoms with Crippen LogP contribution in [0.3, 0.4) is 0 Å². The second-order valence-electron chi connectivity index (χ2n) is 7.13. The molecule has 0 saturated heterocycles. The van der Waals surface area contributed by atoms with Crippen molar-refractivity contribution in [2.45, 2.75) is 38.7 Å². The Morgan fingerprint density at radius 1 is 0.933 bits per heavy atom. The second kappa shape index (κ2) is 9.52. The number of aryl methyl sites for hydroxylation is 2. The molecule has 2 aromatic carbocycles. The van der Waals surface area contributed by atoms with Crippen molar-refractivity contribution in [3.63, 3.8) is 0 Å². The van der Waals surface area contributed by atoms with Gasteiger partial charge in [-0.25, -0.2) is 4.79 Å². The van der Waals surface area contributed by atoms with Crippen molar-refractivity contribution >= 4 is 17.6 Å². The fourth-order valence-electron chi connectivity index (χ4n) is 3.54. The summed E-state index contributed by atoms with van der Waals surface area (Å²) in [5.74, 6) is 0.386. The highest BCUT2D eigenvalue weighted by molar-refractivity contribution is 6.03. The number of nitrogens with one attached hydrogen (secondary N) is 1. The lowest BCUT2D eigenvalue weighted by atomic mass is 9.92. The lowest BCUT2D eigenvalue weighted by Gasteiger charge is -2.20. The molecular weight excluding hydrogens is 386 g/mol. The first-order chi connectivity index (χ1) is 14.5. The zero-order chi connectivity index (χ0) is 21.7. The number of carbonyl (C=O) groups excluding carboxylic acids is 2. The van der Waals surface area contributed by atoms with E-state index in [2.05, 4.69) is 11.4 Å². The van der Waals surface area contributed by atoms with Crippen LogP contribution in [0.4, 0.5) is 5.69 Å². The van der Waals surface area contributed by atoms with E-state index in [-0.39, 0.29) is 11.3 Å². The van der Waals surface area contributed by atoms with Gasteiger partial charge in [-0.2, -0.15) is 0 Å². The summed E-state index contributed by atoms with van der Waals surface area (Å²) < 4.78 is 21.2. The molecule has 0 aliphatic heterocycles. The highest BCUT2D eigenvalue weighted by atomic mass is 16.5. The third-order valence-corrected chi connectivity index (χ3v) is 5.19. The summed E-state index contributed by atoms with van der Waals surface area (Å²) in [6.45, 7) is 1.66. The Morgan fingerprint density at radius 2 is 1.60 bits per heavy atom. The van der Waals surface area contributed by atoms with Crippen molar-refractivity contribution in [3.05, 3.63) is 47.0 Å². The van der Waals surface area contributed by atoms with E-state index >= 15 is 0 Å². The summed E-state index contributed by atoms with van der Waals surface area (Å²) in [6, 6.07) is 8.96. The maximum absolute atomic E-state index is 12.8. The summed E-state index contributed by atoms with van der Waals surface area (Å²) in [5.41, 5.74) is 3.04. The van der Waals surface area contributed by atoms with Crippen molar-refractivity contribution < 1.29 is 28.5 Å². The molecule has 3 rings (SSSR count). The minimum atomic E-state index is -0.773. The van der Waals surface area contributed by atoms with E-state index in [1.165, 1.54) is 57.4 Å². The van der Waals surface area contributed by atoms with Gasteiger partial charge < -0.3 is 24.3 Å². The quantitative estimate of drug-likeness (QED) is 0.696. The van der Waals surface area contributed by atoms with Crippen LogP contribution in [0.25, 0.3) is 0 Å². The summed E-state index contributed by atoms with van der Waals surface area (Å²) in [6.07, 6.45) is 3.72. The molecule has 0 radical (unpaired) electrons. The second-order valence-corrected chi connectivity index (χ2v) is 7.13. The first kappa shape index (κ1) is 21.5. The fraction of sp³-hybridized carbons (Fsp3) is 0.391. The van der Waals surface area contributed by atoms with Gasteiger partial charge in [0, 0.05) is 12.1 Å². The molecule has 160 valence electrons. The number of amides is 1. The van der Waals surface area contributed by atoms with Crippen LogP contribution in [0.5, 0.6) is 17.2 Å². The van der Waals surface area contributed by atoms with Crippen LogP contribution < -0.4 is 19.5 Å². The first-order valence-corrected chi connectivity index (χ1v) is 9.90. The van der Waals surface area contributed by atoms with E-state index < -0.39 is 18.0 Å². The number of carbonyl (C=O) groups is 2. The predicted molar refractivity (Wildman–Crippen MR) is 113 cm³/mol. The first-order valence-electron chi connectivity index (χ1n) is 9.90. The third kappa shape index (κ3) is 4.67. The van der Waals surface area contributed by atoms with E-state index in [0.29, 0.717) is 17.2 Å². The maximum Gasteiger partial charge on any atom is 0.340 e. The number of hydrogen-bond donors (Lipinski definition) is 1. The molecule has 30 heavy (non-hydrogen) atoms. The molecule has 1 aliphatic rings. The molecule has 1 amide bonds. The van der Waals surface area contributed by atoms with Crippen LogP contribution in [-0.4, -0.2) is 39.3 Å². The number of esters is 1. The topological polar surface area (TPSA) is 83.1 Å². The number of ether oxygens (including phenoxy) is 4. The standard InChI is InChI=1S/C23H27NO6/c1-14(30-17-10-9-15-7-5-6-8-16(15)11-17)22(25)24-19-13-21(28-3)20(27-2)12-18(19)23(26)29-4/h9-14H,5-8H2,1-4H3,(H,24,25). The van der Waals surface area contributed by atoms with Gasteiger partial charge in [0.25, 0.3) is 5.91 Å². The maximum atomic E-state index is 12.8. The monoisotopic (exact) mass is 413 g/mol. The molecule has 0 heterocycles. The number of methoxy groups -OCH3 is 3. The van der Waals surface area contributed by atoms with Crippen molar-refractivity contribution in [1.29, 1.82) is 0 Å². The predicted octanol–water partition coefficient (Wildman–Crippen LogP) is 3.78. The Bertz CT molecular complexity index is 940. The van der Waals surface area contributed by atoms with E-state index in [1.54, 1.807) is 6.92 Å². The lowest BCUT2D eigenvalue weighted by molar-refractivity contribution is -0.122. The Morgan fingerprint density at radius 3 is 2.27 bits per heavy atom. The molecule has 1 unspecified atom stereocenters. The molecule has 0 aromatic heterocycles. The van der Waals surface area contributed by atoms with Crippen LogP contribution in [0.1, 0.15) is 41.3 Å². The Hall–Kier alpha value is -3.22. The van der Waals surface area contributed by atoms with Crippen molar-refractivity contribution in [1.82, 2.24) is 0 Å². The molecule has 0 bridgehead atoms. The van der Waals surface area contributed by atoms with Crippen LogP contribution in [0.15, 0.2) is 30.3 Å². The van der Waals surface area contributed by atoms with Gasteiger partial charge in [-0.15, -0.1) is 0 Å². The van der Waals surface area contributed by atoms with Gasteiger partial charge in [0.05, 0.1) is 32.6 Å². The molecule has 7 nitrogen and oxygen atoms in total. The number of fused-ring (bicyclic) bond motifs is 1. The average Bonchev–Trinajstić information content (AvgIpc) is 2.77. The minimum Gasteiger partial charge on any atom is -0.493 e. The molecule has 0 saturated carbocycles. The van der Waals surface area contributed by atoms with Crippen molar-refractivity contribution in [2.24, 2.45) is 0 Å². The van der Waals surface area contributed by atoms with E-state index in [9.17, 15) is 9.59 Å². The van der Waals surface area contributed by atoms with Gasteiger partial charge >= 0.3 is 5.97 Å². The van der Waals surface area contributed by atoms with Crippen molar-refractivity contribution in [2.75, 3.05) is 26.6 Å². The Balaban J connectivity index is 1.78. The molecule has 0 spiro atoms. The Labute approximate surface area is 176 Å². The van der Waals surface area contributed by atoms with Gasteiger partial charge in [0.2, 0.25) is 0 Å². The summed E-state index contributed by atoms with van der Waals surface area (Å²) in [4.78, 5) is 24.9. The van der Waals surface area contributed by atoms with Crippen LogP contribution in [0.2, 0.25) is 0 Å². The normalized spacial score (nSPS) is 13.6. The van der Waals surface area contributed by atoms with E-state index in [1.807, 2.05) is 12.1 Å². The summed E-state index contributed by atoms with van der Waals surface area (Å²) in [5, 5.41) is 2.73. The zero-order valence-corrected chi connectivity index (χ0v) is 17.7. The lowest BCUT2D eigenvalue weighted by Crippen LogP contribution is -2.31. The number of rotatable bonds is 7. The number of anilines is 1. The highest BCUT2D eigenvalue weighted by Gasteiger charge is 2.22. The molecule has 2 aromatic rings. The Kier molecular flexibility index (Phi) is 6.82. The molecule has 7 heteroatoms. The number of hydrogen-bond acceptors (Lipinski definition) is 6. The molecular formula is C23H27NO6. The van der Waals surface area contributed by atoms with E-state index in [4.69, 9.17) is 18.9 Å². The van der Waals surface area contributed by atoms with Gasteiger partial charge in [0.15, 0.2) is 17.6 Å². The van der Waals surface area contributed by atoms with E-state index in [0.717, 1.165) is 12.8 Å². The summed E-state index contributed by atoms with van der Waals surface area (Å²) in [7, 11) is 4.21. The minimum absolute atomic E-state index is 0.157. The number of benzene rings is 2. The summed E-state index contributed by atoms with van der Waals surface area (Å²) >= 11 is 0. The van der Waals surface area contributed by atoms with Crippen LogP contribution in [-0.2, 0) is 22.4 Å². The van der Waals surface area contributed by atoms with Crippen LogP contribution >= 0.6 is 0 Å². The van der Waals surface area contributed by atoms with Gasteiger partial charge in [-0.05, 0) is 55.9 Å². The molecule has 1 N–H and O–H groups in total. The van der Waals surface area contributed by atoms with Crippen LogP contribution in [0, 0.1) is 0 Å². The van der Waals surface area contributed by atoms with Crippen molar-refractivity contribution in [3.8, 4) is 17.2 Å². The SMILES string of the molecule is COC(=O)c1cc(OC)c(OC)cc1NC(=O)C(C)Oc1ccc2c(c1)CCCC2. The highest BCUT2D eigenvalue weighted by Crippen LogP contribution is 2.34. The molecule has 1 atom stereocenters. The average molecular weight is 413 g/mol. The van der Waals surface area contributed by atoms with Gasteiger partial charge in [0.1, 0.15) is 5.75 Å².